The van der Waals surface area contributed by atoms with E-state index in [1.807, 2.05) is 32.2 Å². The molecule has 35 heavy (non-hydrogen) atoms. The Bertz CT molecular complexity index is 951. The van der Waals surface area contributed by atoms with E-state index >= 15 is 0 Å². The second kappa shape index (κ2) is 12.3. The maximum absolute atomic E-state index is 12.8. The van der Waals surface area contributed by atoms with E-state index in [1.54, 1.807) is 0 Å². The highest BCUT2D eigenvalue weighted by atomic mass is 19.4. The molecule has 1 aliphatic carbocycles. The van der Waals surface area contributed by atoms with Crippen molar-refractivity contribution in [2.24, 2.45) is 5.92 Å². The van der Waals surface area contributed by atoms with Crippen LogP contribution in [0, 0.1) is 12.8 Å². The van der Waals surface area contributed by atoms with Crippen LogP contribution < -0.4 is 10.6 Å². The Morgan fingerprint density at radius 1 is 0.971 bits per heavy atom. The molecular formula is C25H30F6N2O2. The molecule has 0 unspecified atom stereocenters. The number of carbonyl (C=O) groups excluding carboxylic acids is 1. The van der Waals surface area contributed by atoms with Crippen molar-refractivity contribution < 1.29 is 36.2 Å². The smallest absolute Gasteiger partial charge is 0.416 e. The van der Waals surface area contributed by atoms with Crippen LogP contribution in [-0.4, -0.2) is 24.6 Å². The first-order valence-electron chi connectivity index (χ1n) is 11.3. The van der Waals surface area contributed by atoms with Gasteiger partial charge in [0.15, 0.2) is 0 Å². The van der Waals surface area contributed by atoms with Crippen molar-refractivity contribution in [3.8, 4) is 5.75 Å². The lowest BCUT2D eigenvalue weighted by molar-refractivity contribution is -0.143. The van der Waals surface area contributed by atoms with Crippen LogP contribution in [0.2, 0.25) is 0 Å². The molecule has 1 amide bonds. The maximum Gasteiger partial charge on any atom is 0.416 e. The molecule has 194 valence electrons. The Balaban J connectivity index is 0.000000328. The predicted octanol–water partition coefficient (Wildman–Crippen LogP) is 6.45. The highest BCUT2D eigenvalue weighted by Gasteiger charge is 2.37. The molecule has 0 atom stereocenters. The van der Waals surface area contributed by atoms with Gasteiger partial charge in [0.05, 0.1) is 11.1 Å². The van der Waals surface area contributed by atoms with Crippen molar-refractivity contribution in [1.82, 2.24) is 10.6 Å². The molecule has 3 N–H and O–H groups in total. The van der Waals surface area contributed by atoms with Crippen molar-refractivity contribution in [2.45, 2.75) is 57.9 Å². The minimum absolute atomic E-state index is 0.0118. The normalized spacial score (nSPS) is 14.7. The summed E-state index contributed by atoms with van der Waals surface area (Å²) in [6.45, 7) is 2.87. The molecule has 2 aromatic rings. The van der Waals surface area contributed by atoms with Crippen molar-refractivity contribution in [3.05, 3.63) is 64.2 Å². The number of alkyl halides is 6. The monoisotopic (exact) mass is 504 g/mol. The number of rotatable bonds is 5. The summed E-state index contributed by atoms with van der Waals surface area (Å²) in [7, 11) is 1.86. The van der Waals surface area contributed by atoms with E-state index in [4.69, 9.17) is 0 Å². The van der Waals surface area contributed by atoms with Crippen molar-refractivity contribution in [2.75, 3.05) is 13.6 Å². The summed E-state index contributed by atoms with van der Waals surface area (Å²) >= 11 is 0. The highest BCUT2D eigenvalue weighted by molar-refractivity contribution is 5.94. The maximum atomic E-state index is 12.8. The summed E-state index contributed by atoms with van der Waals surface area (Å²) in [4.78, 5) is 12.0. The van der Waals surface area contributed by atoms with Gasteiger partial charge in [-0.05, 0) is 56.5 Å². The number of benzene rings is 2. The molecule has 10 heteroatoms. The Morgan fingerprint density at radius 2 is 1.54 bits per heavy atom. The number of nitrogens with one attached hydrogen (secondary N) is 2. The average molecular weight is 505 g/mol. The number of hydrogen-bond acceptors (Lipinski definition) is 3. The zero-order chi connectivity index (χ0) is 26.2. The molecule has 0 radical (unpaired) electrons. The third-order valence-electron chi connectivity index (χ3n) is 5.81. The summed E-state index contributed by atoms with van der Waals surface area (Å²) in [5, 5.41) is 14.9. The molecule has 0 aromatic heterocycles. The molecule has 2 aromatic carbocycles. The number of phenols is 1. The van der Waals surface area contributed by atoms with E-state index in [0.29, 0.717) is 24.4 Å². The molecular weight excluding hydrogens is 474 g/mol. The van der Waals surface area contributed by atoms with Gasteiger partial charge in [0.25, 0.3) is 5.91 Å². The molecule has 0 spiro atoms. The summed E-state index contributed by atoms with van der Waals surface area (Å²) in [6, 6.07) is 6.67. The summed E-state index contributed by atoms with van der Waals surface area (Å²) in [5.74, 6) is -0.297. The van der Waals surface area contributed by atoms with Crippen molar-refractivity contribution in [1.29, 1.82) is 0 Å². The first kappa shape index (κ1) is 28.5. The second-order valence-electron chi connectivity index (χ2n) is 8.62. The standard InChI is InChI=1S/C16H17F6NO.C9H13NO/c17-15(18,19)12-6-11(7-13(8-12)16(20,21)22)14(24)23-9-10-4-2-1-3-5-10;1-7-4-3-5-8(6-10-2)9(7)11/h6-8,10H,1-5,9H2,(H,23,24);3-5,10-11H,6H2,1-2H3. The van der Waals surface area contributed by atoms with Gasteiger partial charge in [-0.1, -0.05) is 37.5 Å². The number of halogens is 6. The van der Waals surface area contributed by atoms with Crippen LogP contribution in [0.25, 0.3) is 0 Å². The number of para-hydroxylation sites is 1. The van der Waals surface area contributed by atoms with Crippen molar-refractivity contribution in [3.63, 3.8) is 0 Å². The van der Waals surface area contributed by atoms with Gasteiger partial charge >= 0.3 is 12.4 Å². The molecule has 0 bridgehead atoms. The third kappa shape index (κ3) is 8.76. The Morgan fingerprint density at radius 3 is 2.06 bits per heavy atom. The molecule has 1 fully saturated rings. The van der Waals surface area contributed by atoms with Crippen molar-refractivity contribution >= 4 is 5.91 Å². The average Bonchev–Trinajstić information content (AvgIpc) is 2.80. The second-order valence-corrected chi connectivity index (χ2v) is 8.62. The number of amides is 1. The Kier molecular flexibility index (Phi) is 10.00. The lowest BCUT2D eigenvalue weighted by atomic mass is 9.89. The number of carbonyl (C=O) groups is 1. The Labute approximate surface area is 200 Å². The van der Waals surface area contributed by atoms with Gasteiger partial charge in [-0.15, -0.1) is 0 Å². The highest BCUT2D eigenvalue weighted by Crippen LogP contribution is 2.36. The molecule has 4 nitrogen and oxygen atoms in total. The number of phenolic OH excluding ortho intramolecular Hbond substituents is 1. The minimum Gasteiger partial charge on any atom is -0.507 e. The van der Waals surface area contributed by atoms with Gasteiger partial charge in [0.1, 0.15) is 5.75 Å². The van der Waals surface area contributed by atoms with E-state index < -0.39 is 35.0 Å². The van der Waals surface area contributed by atoms with Crippen LogP contribution in [0.5, 0.6) is 5.75 Å². The fraction of sp³-hybridized carbons (Fsp3) is 0.480. The first-order chi connectivity index (χ1) is 16.3. The van der Waals surface area contributed by atoms with Gasteiger partial charge in [0, 0.05) is 24.2 Å². The molecule has 0 heterocycles. The number of aryl methyl sites for hydroxylation is 1. The SMILES string of the molecule is CNCc1cccc(C)c1O.O=C(NCC1CCCCC1)c1cc(C(F)(F)F)cc(C(F)(F)F)c1. The molecule has 3 rings (SSSR count). The fourth-order valence-corrected chi connectivity index (χ4v) is 3.87. The van der Waals surface area contributed by atoms with Crippen LogP contribution in [-0.2, 0) is 18.9 Å². The minimum atomic E-state index is -4.96. The van der Waals surface area contributed by atoms with E-state index in [0.717, 1.165) is 43.2 Å². The van der Waals surface area contributed by atoms with Crippen LogP contribution >= 0.6 is 0 Å². The van der Waals surface area contributed by atoms with Gasteiger partial charge in [-0.2, -0.15) is 26.3 Å². The summed E-state index contributed by atoms with van der Waals surface area (Å²) in [6.07, 6.45) is -4.98. The van der Waals surface area contributed by atoms with Gasteiger partial charge in [-0.25, -0.2) is 0 Å². The predicted molar refractivity (Wildman–Crippen MR) is 121 cm³/mol. The number of aromatic hydroxyl groups is 1. The molecule has 0 aliphatic heterocycles. The fourth-order valence-electron chi connectivity index (χ4n) is 3.87. The topological polar surface area (TPSA) is 61.4 Å². The van der Waals surface area contributed by atoms with E-state index in [9.17, 15) is 36.2 Å². The van der Waals surface area contributed by atoms with Gasteiger partial charge in [-0.3, -0.25) is 4.79 Å². The Hall–Kier alpha value is -2.75. The lowest BCUT2D eigenvalue weighted by Crippen LogP contribution is -2.30. The lowest BCUT2D eigenvalue weighted by Gasteiger charge is -2.22. The largest absolute Gasteiger partial charge is 0.507 e. The van der Waals surface area contributed by atoms with Gasteiger partial charge < -0.3 is 15.7 Å². The van der Waals surface area contributed by atoms with Crippen LogP contribution in [0.1, 0.15) is 64.7 Å². The summed E-state index contributed by atoms with van der Waals surface area (Å²) < 4.78 is 76.7. The number of hydrogen-bond donors (Lipinski definition) is 3. The van der Waals surface area contributed by atoms with E-state index in [1.165, 1.54) is 0 Å². The molecule has 1 saturated carbocycles. The van der Waals surface area contributed by atoms with Crippen LogP contribution in [0.4, 0.5) is 26.3 Å². The quantitative estimate of drug-likeness (QED) is 0.410. The van der Waals surface area contributed by atoms with Crippen LogP contribution in [0.15, 0.2) is 36.4 Å². The van der Waals surface area contributed by atoms with E-state index in [2.05, 4.69) is 10.6 Å². The van der Waals surface area contributed by atoms with Crippen LogP contribution in [0.3, 0.4) is 0 Å². The zero-order valence-corrected chi connectivity index (χ0v) is 19.6. The zero-order valence-electron chi connectivity index (χ0n) is 19.6. The molecule has 0 saturated heterocycles. The molecule has 1 aliphatic rings. The third-order valence-corrected chi connectivity index (χ3v) is 5.81. The van der Waals surface area contributed by atoms with E-state index in [-0.39, 0.29) is 18.5 Å². The first-order valence-corrected chi connectivity index (χ1v) is 11.3. The van der Waals surface area contributed by atoms with Gasteiger partial charge in [0.2, 0.25) is 0 Å². The summed E-state index contributed by atoms with van der Waals surface area (Å²) in [5.41, 5.74) is -1.72.